The smallest absolute Gasteiger partial charge is 0.326 e. The summed E-state index contributed by atoms with van der Waals surface area (Å²) >= 11 is 0. The van der Waals surface area contributed by atoms with Crippen LogP contribution in [-0.4, -0.2) is 33.2 Å². The molecule has 0 unspecified atom stereocenters. The number of rotatable bonds is 8. The van der Waals surface area contributed by atoms with Crippen molar-refractivity contribution >= 4 is 17.6 Å². The first-order valence-electron chi connectivity index (χ1n) is 7.53. The van der Waals surface area contributed by atoms with Gasteiger partial charge in [-0.25, -0.2) is 4.79 Å². The molecule has 1 aromatic rings. The fraction of sp³-hybridized carbons (Fsp3) is 0.500. The third-order valence-corrected chi connectivity index (χ3v) is 3.47. The first-order chi connectivity index (χ1) is 10.7. The molecule has 128 valence electrons. The number of hydrogen-bond donors (Lipinski definition) is 5. The summed E-state index contributed by atoms with van der Waals surface area (Å²) in [6, 6.07) is 2.03. The van der Waals surface area contributed by atoms with Crippen LogP contribution in [0.2, 0.25) is 0 Å². The molecule has 0 spiro atoms. The molecule has 7 heteroatoms. The number of carboxylic acids is 1. The maximum absolute atomic E-state index is 11.8. The number of benzene rings is 1. The van der Waals surface area contributed by atoms with Crippen LogP contribution in [0.3, 0.4) is 0 Å². The van der Waals surface area contributed by atoms with Crippen molar-refractivity contribution in [2.75, 3.05) is 5.73 Å². The molecule has 0 aliphatic rings. The Balaban J connectivity index is 2.50. The minimum Gasteiger partial charge on any atom is -0.506 e. The van der Waals surface area contributed by atoms with Gasteiger partial charge >= 0.3 is 5.97 Å². The van der Waals surface area contributed by atoms with Gasteiger partial charge in [0.1, 0.15) is 23.2 Å². The van der Waals surface area contributed by atoms with Crippen molar-refractivity contribution < 1.29 is 24.9 Å². The highest BCUT2D eigenvalue weighted by molar-refractivity contribution is 5.83. The molecule has 0 fully saturated rings. The van der Waals surface area contributed by atoms with Gasteiger partial charge in [0.05, 0.1) is 0 Å². The number of anilines is 1. The van der Waals surface area contributed by atoms with Crippen molar-refractivity contribution in [1.29, 1.82) is 0 Å². The van der Waals surface area contributed by atoms with Gasteiger partial charge in [0.25, 0.3) is 0 Å². The normalized spacial score (nSPS) is 12.1. The number of nitrogens with two attached hydrogens (primary N) is 1. The number of amides is 1. The molecule has 0 bridgehead atoms. The van der Waals surface area contributed by atoms with Crippen LogP contribution in [0.4, 0.5) is 5.69 Å². The number of aromatic hydroxyl groups is 2. The lowest BCUT2D eigenvalue weighted by atomic mass is 10.0. The number of hydrogen-bond acceptors (Lipinski definition) is 5. The first-order valence-corrected chi connectivity index (χ1v) is 7.53. The predicted octanol–water partition coefficient (Wildman–Crippen LogP) is 1.62. The minimum absolute atomic E-state index is 0.0881. The van der Waals surface area contributed by atoms with Crippen LogP contribution in [0, 0.1) is 5.92 Å². The van der Waals surface area contributed by atoms with Crippen LogP contribution < -0.4 is 11.1 Å². The molecule has 0 aliphatic heterocycles. The number of nitrogens with one attached hydrogen (secondary N) is 1. The van der Waals surface area contributed by atoms with Crippen LogP contribution in [0.5, 0.6) is 11.5 Å². The van der Waals surface area contributed by atoms with Crippen molar-refractivity contribution in [3.05, 3.63) is 17.7 Å². The second-order valence-corrected chi connectivity index (χ2v) is 5.95. The number of phenols is 2. The zero-order valence-electron chi connectivity index (χ0n) is 13.4. The molecule has 23 heavy (non-hydrogen) atoms. The Morgan fingerprint density at radius 2 is 1.91 bits per heavy atom. The molecule has 1 aromatic carbocycles. The van der Waals surface area contributed by atoms with E-state index in [0.717, 1.165) is 0 Å². The summed E-state index contributed by atoms with van der Waals surface area (Å²) in [7, 11) is 0. The van der Waals surface area contributed by atoms with Gasteiger partial charge in [0.15, 0.2) is 0 Å². The number of phenolic OH excluding ortho intramolecular Hbond substituents is 2. The van der Waals surface area contributed by atoms with Crippen molar-refractivity contribution in [1.82, 2.24) is 5.32 Å². The number of aryl methyl sites for hydroxylation is 1. The molecule has 1 rings (SSSR count). The van der Waals surface area contributed by atoms with Crippen LogP contribution >= 0.6 is 0 Å². The molecule has 7 nitrogen and oxygen atoms in total. The van der Waals surface area contributed by atoms with Gasteiger partial charge in [-0.1, -0.05) is 19.9 Å². The highest BCUT2D eigenvalue weighted by Gasteiger charge is 2.20. The summed E-state index contributed by atoms with van der Waals surface area (Å²) in [5, 5.41) is 30.7. The zero-order valence-corrected chi connectivity index (χ0v) is 13.4. The van der Waals surface area contributed by atoms with Gasteiger partial charge in [-0.2, -0.15) is 0 Å². The fourth-order valence-corrected chi connectivity index (χ4v) is 2.24. The van der Waals surface area contributed by atoms with E-state index in [1.165, 1.54) is 12.1 Å². The monoisotopic (exact) mass is 324 g/mol. The van der Waals surface area contributed by atoms with E-state index < -0.39 is 12.0 Å². The summed E-state index contributed by atoms with van der Waals surface area (Å²) in [4.78, 5) is 22.9. The lowest BCUT2D eigenvalue weighted by molar-refractivity contribution is -0.142. The minimum atomic E-state index is -1.05. The predicted molar refractivity (Wildman–Crippen MR) is 86.1 cm³/mol. The summed E-state index contributed by atoms with van der Waals surface area (Å²) < 4.78 is 0. The fourth-order valence-electron chi connectivity index (χ4n) is 2.24. The molecule has 1 atom stereocenters. The molecule has 1 amide bonds. The largest absolute Gasteiger partial charge is 0.506 e. The Kier molecular flexibility index (Phi) is 6.68. The molecular formula is C16H24N2O5. The van der Waals surface area contributed by atoms with E-state index in [9.17, 15) is 19.8 Å². The standard InChI is InChI=1S/C16H24N2O5/c1-9(2)8-11(16(22)23)18-13(20)5-3-4-10-6-7-12(19)14(17)15(10)21/h6-7,9,11,19,21H,3-5,8,17H2,1-2H3,(H,18,20)(H,22,23)/t11-/m0/s1. The number of aliphatic carboxylic acids is 1. The summed E-state index contributed by atoms with van der Waals surface area (Å²) in [6.45, 7) is 3.78. The third-order valence-electron chi connectivity index (χ3n) is 3.47. The molecule has 6 N–H and O–H groups in total. The van der Waals surface area contributed by atoms with Gasteiger partial charge in [0, 0.05) is 6.42 Å². The second-order valence-electron chi connectivity index (χ2n) is 5.95. The highest BCUT2D eigenvalue weighted by atomic mass is 16.4. The Morgan fingerprint density at radius 3 is 2.48 bits per heavy atom. The summed E-state index contributed by atoms with van der Waals surface area (Å²) in [5.41, 5.74) is 5.96. The first kappa shape index (κ1) is 18.6. The van der Waals surface area contributed by atoms with E-state index in [-0.39, 0.29) is 35.4 Å². The quantitative estimate of drug-likeness (QED) is 0.364. The molecule has 0 heterocycles. The van der Waals surface area contributed by atoms with Crippen molar-refractivity contribution in [2.45, 2.75) is 45.6 Å². The average molecular weight is 324 g/mol. The molecular weight excluding hydrogens is 300 g/mol. The lowest BCUT2D eigenvalue weighted by Crippen LogP contribution is -2.41. The number of carbonyl (C=O) groups is 2. The number of nitrogen functional groups attached to an aromatic ring is 1. The van der Waals surface area contributed by atoms with Crippen LogP contribution in [0.1, 0.15) is 38.7 Å². The van der Waals surface area contributed by atoms with Gasteiger partial charge in [0.2, 0.25) is 5.91 Å². The molecule has 0 aliphatic carbocycles. The summed E-state index contributed by atoms with van der Waals surface area (Å²) in [6.07, 6.45) is 1.34. The summed E-state index contributed by atoms with van der Waals surface area (Å²) in [5.74, 6) is -1.61. The third kappa shape index (κ3) is 5.69. The van der Waals surface area contributed by atoms with Crippen LogP contribution in [0.25, 0.3) is 0 Å². The van der Waals surface area contributed by atoms with E-state index in [1.807, 2.05) is 13.8 Å². The van der Waals surface area contributed by atoms with E-state index >= 15 is 0 Å². The average Bonchev–Trinajstić information content (AvgIpc) is 2.46. The number of carbonyl (C=O) groups excluding carboxylic acids is 1. The molecule has 0 saturated heterocycles. The van der Waals surface area contributed by atoms with Gasteiger partial charge in [-0.3, -0.25) is 4.79 Å². The maximum Gasteiger partial charge on any atom is 0.326 e. The lowest BCUT2D eigenvalue weighted by Gasteiger charge is -2.16. The van der Waals surface area contributed by atoms with Crippen molar-refractivity contribution in [3.8, 4) is 11.5 Å². The Morgan fingerprint density at radius 1 is 1.26 bits per heavy atom. The second kappa shape index (κ2) is 8.26. The molecule has 0 aromatic heterocycles. The van der Waals surface area contributed by atoms with Gasteiger partial charge < -0.3 is 26.4 Å². The van der Waals surface area contributed by atoms with Crippen molar-refractivity contribution in [3.63, 3.8) is 0 Å². The van der Waals surface area contributed by atoms with Crippen LogP contribution in [-0.2, 0) is 16.0 Å². The highest BCUT2D eigenvalue weighted by Crippen LogP contribution is 2.33. The molecule has 0 radical (unpaired) electrons. The topological polar surface area (TPSA) is 133 Å². The Bertz CT molecular complexity index is 572. The van der Waals surface area contributed by atoms with E-state index in [0.29, 0.717) is 24.8 Å². The van der Waals surface area contributed by atoms with E-state index in [4.69, 9.17) is 10.8 Å². The number of carboxylic acid groups (broad SMARTS) is 1. The maximum atomic E-state index is 11.8. The Labute approximate surface area is 135 Å². The van der Waals surface area contributed by atoms with Crippen LogP contribution in [0.15, 0.2) is 12.1 Å². The van der Waals surface area contributed by atoms with Gasteiger partial charge in [-0.15, -0.1) is 0 Å². The molecule has 0 saturated carbocycles. The zero-order chi connectivity index (χ0) is 17.6. The van der Waals surface area contributed by atoms with Gasteiger partial charge in [-0.05, 0) is 36.8 Å². The SMILES string of the molecule is CC(C)C[C@H](NC(=O)CCCc1ccc(O)c(N)c1O)C(=O)O. The Hall–Kier alpha value is -2.44. The van der Waals surface area contributed by atoms with E-state index in [2.05, 4.69) is 5.32 Å². The van der Waals surface area contributed by atoms with E-state index in [1.54, 1.807) is 0 Å². The van der Waals surface area contributed by atoms with Crippen molar-refractivity contribution in [2.24, 2.45) is 5.92 Å².